The Morgan fingerprint density at radius 3 is 2.32 bits per heavy atom. The number of para-hydroxylation sites is 1. The number of thioether (sulfide) groups is 1. The maximum atomic E-state index is 13.4. The number of carbonyl (C=O) groups is 3. The Bertz CT molecular complexity index is 1970. The molecule has 236 valence electrons. The number of benzene rings is 4. The van der Waals surface area contributed by atoms with Crippen molar-refractivity contribution < 1.29 is 19.3 Å². The number of hydrogen-bond donors (Lipinski definition) is 3. The molecule has 0 aliphatic heterocycles. The van der Waals surface area contributed by atoms with Crippen LogP contribution in [0, 0.1) is 10.1 Å². The molecule has 10 nitrogen and oxygen atoms in total. The molecular formula is C34H26ClN5O5S2. The Hall–Kier alpha value is -5.30. The number of carbonyl (C=O) groups excluding carboxylic acids is 3. The van der Waals surface area contributed by atoms with E-state index in [4.69, 9.17) is 11.6 Å². The van der Waals surface area contributed by atoms with Gasteiger partial charge in [0.2, 0.25) is 5.91 Å². The van der Waals surface area contributed by atoms with Gasteiger partial charge in [0, 0.05) is 38.2 Å². The molecule has 0 aliphatic carbocycles. The van der Waals surface area contributed by atoms with Crippen molar-refractivity contribution in [1.29, 1.82) is 0 Å². The highest BCUT2D eigenvalue weighted by Crippen LogP contribution is 2.31. The monoisotopic (exact) mass is 683 g/mol. The quantitative estimate of drug-likeness (QED) is 0.0556. The number of rotatable bonds is 11. The zero-order valence-electron chi connectivity index (χ0n) is 24.7. The first-order valence-electron chi connectivity index (χ1n) is 14.1. The molecule has 0 bridgehead atoms. The summed E-state index contributed by atoms with van der Waals surface area (Å²) in [5.41, 5.74) is 1.92. The minimum Gasteiger partial charge on any atom is -0.321 e. The lowest BCUT2D eigenvalue weighted by Gasteiger charge is -2.13. The molecule has 1 heterocycles. The predicted molar refractivity (Wildman–Crippen MR) is 187 cm³/mol. The topological polar surface area (TPSA) is 143 Å². The summed E-state index contributed by atoms with van der Waals surface area (Å²) in [7, 11) is 0. The summed E-state index contributed by atoms with van der Waals surface area (Å²) in [6, 6.07) is 28.3. The van der Waals surface area contributed by atoms with Crippen LogP contribution in [0.4, 0.5) is 16.5 Å². The summed E-state index contributed by atoms with van der Waals surface area (Å²) >= 11 is 8.90. The summed E-state index contributed by atoms with van der Waals surface area (Å²) in [6.07, 6.45) is 1.26. The highest BCUT2D eigenvalue weighted by molar-refractivity contribution is 8.00. The van der Waals surface area contributed by atoms with Crippen molar-refractivity contribution in [2.75, 3.05) is 10.6 Å². The third-order valence-corrected chi connectivity index (χ3v) is 8.84. The van der Waals surface area contributed by atoms with Gasteiger partial charge in [-0.05, 0) is 61.5 Å². The van der Waals surface area contributed by atoms with Gasteiger partial charge in [0.25, 0.3) is 17.5 Å². The van der Waals surface area contributed by atoms with Crippen LogP contribution >= 0.6 is 34.7 Å². The van der Waals surface area contributed by atoms with Crippen LogP contribution in [0.2, 0.25) is 5.02 Å². The zero-order chi connectivity index (χ0) is 33.3. The van der Waals surface area contributed by atoms with E-state index >= 15 is 0 Å². The van der Waals surface area contributed by atoms with Crippen LogP contribution in [0.5, 0.6) is 0 Å². The predicted octanol–water partition coefficient (Wildman–Crippen LogP) is 7.90. The maximum absolute atomic E-state index is 13.4. The van der Waals surface area contributed by atoms with E-state index in [1.54, 1.807) is 73.7 Å². The molecule has 0 fully saturated rings. The Balaban J connectivity index is 1.25. The van der Waals surface area contributed by atoms with E-state index in [-0.39, 0.29) is 22.9 Å². The van der Waals surface area contributed by atoms with E-state index in [9.17, 15) is 24.5 Å². The maximum Gasteiger partial charge on any atom is 0.276 e. The molecule has 4 aromatic carbocycles. The molecule has 0 radical (unpaired) electrons. The molecule has 5 rings (SSSR count). The molecular weight excluding hydrogens is 658 g/mol. The van der Waals surface area contributed by atoms with Gasteiger partial charge in [-0.1, -0.05) is 60.1 Å². The molecule has 0 saturated heterocycles. The number of nitrogens with one attached hydrogen (secondary N) is 3. The second-order valence-corrected chi connectivity index (χ2v) is 12.6. The fraction of sp³-hybridized carbons (Fsp3) is 0.0588. The Morgan fingerprint density at radius 2 is 1.60 bits per heavy atom. The lowest BCUT2D eigenvalue weighted by atomic mass is 10.1. The second-order valence-electron chi connectivity index (χ2n) is 9.94. The standard InChI is InChI=1S/C34H26ClN5O5S2/c1-21(31(41)39-34-38-29(20-46-34)26-12-6-7-13-27(26)35)47-25-17-15-24(16-18-25)36-33(43)28(37-32(42)22-9-3-2-4-10-22)19-23-11-5-8-14-30(23)40(44)45/h2-21H,1H3,(H,36,43)(H,37,42)(H,38,39,41)/b28-19-. The number of amides is 3. The third kappa shape index (κ3) is 8.70. The molecule has 0 spiro atoms. The molecule has 3 N–H and O–H groups in total. The fourth-order valence-electron chi connectivity index (χ4n) is 4.28. The average molecular weight is 684 g/mol. The zero-order valence-corrected chi connectivity index (χ0v) is 27.1. The van der Waals surface area contributed by atoms with E-state index < -0.39 is 22.0 Å². The second kappa shape index (κ2) is 15.3. The largest absolute Gasteiger partial charge is 0.321 e. The molecule has 13 heteroatoms. The number of nitro groups is 1. The summed E-state index contributed by atoms with van der Waals surface area (Å²) in [6.45, 7) is 1.77. The highest BCUT2D eigenvalue weighted by atomic mass is 35.5. The third-order valence-electron chi connectivity index (χ3n) is 6.64. The molecule has 1 aromatic heterocycles. The number of halogens is 1. The van der Waals surface area contributed by atoms with E-state index in [1.807, 2.05) is 23.6 Å². The number of hydrogen-bond acceptors (Lipinski definition) is 8. The van der Waals surface area contributed by atoms with Crippen molar-refractivity contribution in [1.82, 2.24) is 10.3 Å². The SMILES string of the molecule is CC(Sc1ccc(NC(=O)/C(=C/c2ccccc2[N+](=O)[O-])NC(=O)c2ccccc2)cc1)C(=O)Nc1nc(-c2ccccc2Cl)cs1. The molecule has 5 aromatic rings. The molecule has 0 saturated carbocycles. The molecule has 0 aliphatic rings. The lowest BCUT2D eigenvalue weighted by molar-refractivity contribution is -0.385. The number of aromatic nitrogens is 1. The number of thiazole rings is 1. The van der Waals surface area contributed by atoms with Crippen molar-refractivity contribution in [3.05, 3.63) is 140 Å². The first-order chi connectivity index (χ1) is 22.7. The molecule has 47 heavy (non-hydrogen) atoms. The van der Waals surface area contributed by atoms with Crippen molar-refractivity contribution in [3.63, 3.8) is 0 Å². The highest BCUT2D eigenvalue weighted by Gasteiger charge is 2.20. The minimum absolute atomic E-state index is 0.146. The van der Waals surface area contributed by atoms with Gasteiger partial charge in [-0.15, -0.1) is 23.1 Å². The Labute approximate surface area is 283 Å². The summed E-state index contributed by atoms with van der Waals surface area (Å²) in [5.74, 6) is -1.46. The molecule has 3 amide bonds. The minimum atomic E-state index is -0.680. The van der Waals surface area contributed by atoms with Crippen LogP contribution < -0.4 is 16.0 Å². The molecule has 1 atom stereocenters. The van der Waals surface area contributed by atoms with Gasteiger partial charge in [0.1, 0.15) is 5.70 Å². The van der Waals surface area contributed by atoms with E-state index in [1.165, 1.54) is 47.4 Å². The summed E-state index contributed by atoms with van der Waals surface area (Å²) in [5, 5.41) is 22.1. The van der Waals surface area contributed by atoms with Crippen LogP contribution in [-0.2, 0) is 9.59 Å². The molecule has 1 unspecified atom stereocenters. The van der Waals surface area contributed by atoms with Crippen molar-refractivity contribution in [2.45, 2.75) is 17.1 Å². The Kier molecular flexibility index (Phi) is 10.8. The lowest BCUT2D eigenvalue weighted by Crippen LogP contribution is -2.30. The van der Waals surface area contributed by atoms with Crippen molar-refractivity contribution >= 4 is 75.0 Å². The van der Waals surface area contributed by atoms with Crippen LogP contribution in [0.15, 0.2) is 119 Å². The number of nitro benzene ring substituents is 1. The number of nitrogens with zero attached hydrogens (tertiary/aromatic N) is 2. The smallest absolute Gasteiger partial charge is 0.276 e. The summed E-state index contributed by atoms with van der Waals surface area (Å²) in [4.78, 5) is 55.4. The van der Waals surface area contributed by atoms with E-state index in [0.717, 1.165) is 10.5 Å². The van der Waals surface area contributed by atoms with E-state index in [0.29, 0.717) is 27.1 Å². The normalized spacial score (nSPS) is 11.7. The summed E-state index contributed by atoms with van der Waals surface area (Å²) < 4.78 is 0. The van der Waals surface area contributed by atoms with Gasteiger partial charge in [-0.25, -0.2) is 4.98 Å². The van der Waals surface area contributed by atoms with Crippen LogP contribution in [0.1, 0.15) is 22.8 Å². The van der Waals surface area contributed by atoms with E-state index in [2.05, 4.69) is 20.9 Å². The Morgan fingerprint density at radius 1 is 0.915 bits per heavy atom. The van der Waals surface area contributed by atoms with Gasteiger partial charge < -0.3 is 16.0 Å². The van der Waals surface area contributed by atoms with Gasteiger partial charge >= 0.3 is 0 Å². The fourth-order valence-corrected chi connectivity index (χ4v) is 6.09. The first-order valence-corrected chi connectivity index (χ1v) is 16.2. The van der Waals surface area contributed by atoms with Gasteiger partial charge in [-0.3, -0.25) is 24.5 Å². The van der Waals surface area contributed by atoms with Gasteiger partial charge in [-0.2, -0.15) is 0 Å². The number of anilines is 2. The van der Waals surface area contributed by atoms with Gasteiger partial charge in [0.05, 0.1) is 21.4 Å². The average Bonchev–Trinajstić information content (AvgIpc) is 3.54. The first kappa shape index (κ1) is 33.1. The van der Waals surface area contributed by atoms with Crippen LogP contribution in [0.3, 0.4) is 0 Å². The van der Waals surface area contributed by atoms with Gasteiger partial charge in [0.15, 0.2) is 5.13 Å². The van der Waals surface area contributed by atoms with Crippen LogP contribution in [-0.4, -0.2) is 32.9 Å². The van der Waals surface area contributed by atoms with Crippen molar-refractivity contribution in [3.8, 4) is 11.3 Å². The van der Waals surface area contributed by atoms with Crippen molar-refractivity contribution in [2.24, 2.45) is 0 Å². The van der Waals surface area contributed by atoms with Crippen LogP contribution in [0.25, 0.3) is 17.3 Å².